The van der Waals surface area contributed by atoms with Crippen LogP contribution >= 0.6 is 23.4 Å². The standard InChI is InChI=1S/C22H24ClN5O2S/c1-4-28-20(15(3)24-21(30)16-10-6-5-9-14(16)2)26-27-22(28)31-13-19(29)25-18-12-8-7-11-17(18)23/h5-12,15H,4,13H2,1-3H3,(H,24,30)(H,25,29)/t15-/m0/s1. The zero-order chi connectivity index (χ0) is 22.4. The molecule has 0 aliphatic rings. The molecule has 0 aliphatic heterocycles. The maximum atomic E-state index is 12.6. The first-order chi connectivity index (χ1) is 14.9. The first-order valence-electron chi connectivity index (χ1n) is 9.87. The summed E-state index contributed by atoms with van der Waals surface area (Å²) in [6.07, 6.45) is 0. The van der Waals surface area contributed by atoms with Crippen molar-refractivity contribution in [3.63, 3.8) is 0 Å². The Morgan fingerprint density at radius 2 is 1.84 bits per heavy atom. The molecule has 0 unspecified atom stereocenters. The molecule has 9 heteroatoms. The summed E-state index contributed by atoms with van der Waals surface area (Å²) in [4.78, 5) is 24.9. The van der Waals surface area contributed by atoms with Crippen LogP contribution in [0.3, 0.4) is 0 Å². The van der Waals surface area contributed by atoms with Gasteiger partial charge in [0, 0.05) is 12.1 Å². The van der Waals surface area contributed by atoms with Crippen LogP contribution in [0.15, 0.2) is 53.7 Å². The number of nitrogens with one attached hydrogen (secondary N) is 2. The van der Waals surface area contributed by atoms with Crippen LogP contribution in [0.25, 0.3) is 0 Å². The minimum Gasteiger partial charge on any atom is -0.342 e. The van der Waals surface area contributed by atoms with Gasteiger partial charge in [0.25, 0.3) is 5.91 Å². The number of aromatic nitrogens is 3. The van der Waals surface area contributed by atoms with Gasteiger partial charge >= 0.3 is 0 Å². The molecule has 0 aliphatic carbocycles. The van der Waals surface area contributed by atoms with Crippen LogP contribution in [0, 0.1) is 6.92 Å². The van der Waals surface area contributed by atoms with Crippen molar-refractivity contribution in [2.24, 2.45) is 0 Å². The van der Waals surface area contributed by atoms with Gasteiger partial charge in [0.15, 0.2) is 11.0 Å². The zero-order valence-corrected chi connectivity index (χ0v) is 19.1. The van der Waals surface area contributed by atoms with Crippen molar-refractivity contribution in [2.75, 3.05) is 11.1 Å². The van der Waals surface area contributed by atoms with Crippen molar-refractivity contribution in [3.05, 3.63) is 70.5 Å². The number of amides is 2. The molecular weight excluding hydrogens is 434 g/mol. The second-order valence-electron chi connectivity index (χ2n) is 6.91. The smallest absolute Gasteiger partial charge is 0.252 e. The summed E-state index contributed by atoms with van der Waals surface area (Å²) >= 11 is 7.37. The highest BCUT2D eigenvalue weighted by molar-refractivity contribution is 7.99. The molecule has 3 rings (SSSR count). The minimum atomic E-state index is -0.342. The van der Waals surface area contributed by atoms with E-state index in [1.54, 1.807) is 30.3 Å². The summed E-state index contributed by atoms with van der Waals surface area (Å²) in [6, 6.07) is 14.2. The van der Waals surface area contributed by atoms with Gasteiger partial charge in [0.2, 0.25) is 5.91 Å². The lowest BCUT2D eigenvalue weighted by atomic mass is 10.1. The Labute approximate surface area is 190 Å². The van der Waals surface area contributed by atoms with E-state index in [0.717, 1.165) is 5.56 Å². The highest BCUT2D eigenvalue weighted by atomic mass is 35.5. The van der Waals surface area contributed by atoms with E-state index in [2.05, 4.69) is 20.8 Å². The van der Waals surface area contributed by atoms with Gasteiger partial charge in [0.1, 0.15) is 0 Å². The average molecular weight is 458 g/mol. The van der Waals surface area contributed by atoms with Crippen molar-refractivity contribution in [1.82, 2.24) is 20.1 Å². The topological polar surface area (TPSA) is 88.9 Å². The molecule has 1 atom stereocenters. The second kappa shape index (κ2) is 10.5. The Bertz CT molecular complexity index is 1090. The largest absolute Gasteiger partial charge is 0.342 e. The summed E-state index contributed by atoms with van der Waals surface area (Å²) in [6.45, 7) is 6.35. The van der Waals surface area contributed by atoms with E-state index < -0.39 is 0 Å². The van der Waals surface area contributed by atoms with Crippen molar-refractivity contribution in [2.45, 2.75) is 38.5 Å². The van der Waals surface area contributed by atoms with Crippen LogP contribution in [0.1, 0.15) is 41.6 Å². The lowest BCUT2D eigenvalue weighted by Gasteiger charge is -2.16. The molecule has 0 fully saturated rings. The van der Waals surface area contributed by atoms with Crippen LogP contribution in [0.2, 0.25) is 5.02 Å². The number of carbonyl (C=O) groups excluding carboxylic acids is 2. The lowest BCUT2D eigenvalue weighted by molar-refractivity contribution is -0.113. The molecule has 0 saturated carbocycles. The molecule has 0 spiro atoms. The summed E-state index contributed by atoms with van der Waals surface area (Å²) in [5.41, 5.74) is 2.10. The third-order valence-electron chi connectivity index (χ3n) is 4.67. The van der Waals surface area contributed by atoms with E-state index in [9.17, 15) is 9.59 Å². The number of rotatable bonds is 8. The van der Waals surface area contributed by atoms with Gasteiger partial charge in [-0.15, -0.1) is 10.2 Å². The number of carbonyl (C=O) groups is 2. The number of thioether (sulfide) groups is 1. The lowest BCUT2D eigenvalue weighted by Crippen LogP contribution is -2.29. The second-order valence-corrected chi connectivity index (χ2v) is 8.26. The van der Waals surface area contributed by atoms with E-state index in [4.69, 9.17) is 11.6 Å². The number of halogens is 1. The van der Waals surface area contributed by atoms with Gasteiger partial charge in [-0.1, -0.05) is 53.7 Å². The van der Waals surface area contributed by atoms with Crippen molar-refractivity contribution in [3.8, 4) is 0 Å². The van der Waals surface area contributed by atoms with Crippen LogP contribution in [-0.2, 0) is 11.3 Å². The number of hydrogen-bond donors (Lipinski definition) is 2. The van der Waals surface area contributed by atoms with E-state index in [1.165, 1.54) is 11.8 Å². The Balaban J connectivity index is 1.64. The molecule has 0 radical (unpaired) electrons. The Hall–Kier alpha value is -2.84. The van der Waals surface area contributed by atoms with E-state index in [1.807, 2.05) is 43.5 Å². The number of hydrogen-bond acceptors (Lipinski definition) is 5. The molecule has 2 amide bonds. The summed E-state index contributed by atoms with van der Waals surface area (Å²) in [5, 5.41) is 15.3. The summed E-state index contributed by atoms with van der Waals surface area (Å²) < 4.78 is 1.90. The maximum Gasteiger partial charge on any atom is 0.252 e. The van der Waals surface area contributed by atoms with Crippen molar-refractivity contribution < 1.29 is 9.59 Å². The van der Waals surface area contributed by atoms with Gasteiger partial charge < -0.3 is 15.2 Å². The SMILES string of the molecule is CCn1c(SCC(=O)Nc2ccccc2Cl)nnc1[C@H](C)NC(=O)c1ccccc1C. The molecule has 3 aromatic rings. The fourth-order valence-electron chi connectivity index (χ4n) is 3.07. The predicted molar refractivity (Wildman–Crippen MR) is 124 cm³/mol. The molecular formula is C22H24ClN5O2S. The zero-order valence-electron chi connectivity index (χ0n) is 17.6. The molecule has 1 aromatic heterocycles. The molecule has 7 nitrogen and oxygen atoms in total. The maximum absolute atomic E-state index is 12.6. The predicted octanol–water partition coefficient (Wildman–Crippen LogP) is 4.48. The molecule has 31 heavy (non-hydrogen) atoms. The van der Waals surface area contributed by atoms with Crippen molar-refractivity contribution >= 4 is 40.9 Å². The molecule has 1 heterocycles. The van der Waals surface area contributed by atoms with Crippen LogP contribution in [-0.4, -0.2) is 32.3 Å². The van der Waals surface area contributed by atoms with Gasteiger partial charge in [-0.2, -0.15) is 0 Å². The number of anilines is 1. The van der Waals surface area contributed by atoms with Gasteiger partial charge in [-0.05, 0) is 44.5 Å². The summed E-state index contributed by atoms with van der Waals surface area (Å²) in [7, 11) is 0. The van der Waals surface area contributed by atoms with E-state index in [0.29, 0.717) is 33.8 Å². The normalized spacial score (nSPS) is 11.7. The Morgan fingerprint density at radius 1 is 1.13 bits per heavy atom. The quantitative estimate of drug-likeness (QED) is 0.487. The molecule has 2 N–H and O–H groups in total. The fourth-order valence-corrected chi connectivity index (χ4v) is 4.06. The number of aryl methyl sites for hydroxylation is 1. The summed E-state index contributed by atoms with van der Waals surface area (Å²) in [5.74, 6) is 0.446. The molecule has 162 valence electrons. The highest BCUT2D eigenvalue weighted by Crippen LogP contribution is 2.23. The Morgan fingerprint density at radius 3 is 2.55 bits per heavy atom. The van der Waals surface area contributed by atoms with E-state index in [-0.39, 0.29) is 23.6 Å². The molecule has 2 aromatic carbocycles. The third kappa shape index (κ3) is 5.65. The van der Waals surface area contributed by atoms with Crippen LogP contribution < -0.4 is 10.6 Å². The van der Waals surface area contributed by atoms with Crippen molar-refractivity contribution in [1.29, 1.82) is 0 Å². The first kappa shape index (κ1) is 22.8. The van der Waals surface area contributed by atoms with Gasteiger partial charge in [0.05, 0.1) is 22.5 Å². The van der Waals surface area contributed by atoms with Crippen LogP contribution in [0.5, 0.6) is 0 Å². The molecule has 0 saturated heterocycles. The van der Waals surface area contributed by atoms with Gasteiger partial charge in [-0.25, -0.2) is 0 Å². The average Bonchev–Trinajstić information content (AvgIpc) is 3.17. The minimum absolute atomic E-state index is 0.160. The third-order valence-corrected chi connectivity index (χ3v) is 5.96. The van der Waals surface area contributed by atoms with Gasteiger partial charge in [-0.3, -0.25) is 9.59 Å². The number of para-hydroxylation sites is 1. The highest BCUT2D eigenvalue weighted by Gasteiger charge is 2.20. The first-order valence-corrected chi connectivity index (χ1v) is 11.2. The van der Waals surface area contributed by atoms with Crippen LogP contribution in [0.4, 0.5) is 5.69 Å². The molecule has 0 bridgehead atoms. The number of nitrogens with zero attached hydrogens (tertiary/aromatic N) is 3. The van der Waals surface area contributed by atoms with E-state index >= 15 is 0 Å². The number of benzene rings is 2. The monoisotopic (exact) mass is 457 g/mol. The fraction of sp³-hybridized carbons (Fsp3) is 0.273. The Kier molecular flexibility index (Phi) is 7.70.